The molecule has 6 nitrogen and oxygen atoms in total. The second kappa shape index (κ2) is 7.29. The fourth-order valence-corrected chi connectivity index (χ4v) is 3.91. The van der Waals surface area contributed by atoms with E-state index in [1.165, 1.54) is 5.56 Å². The molecule has 0 saturated carbocycles. The van der Waals surface area contributed by atoms with Gasteiger partial charge in [0.1, 0.15) is 0 Å². The largest absolute Gasteiger partial charge is 0.380 e. The number of fused-ring (bicyclic) bond motifs is 1. The summed E-state index contributed by atoms with van der Waals surface area (Å²) in [5.74, 6) is 0.668. The minimum Gasteiger partial charge on any atom is -0.380 e. The minimum atomic E-state index is -0.113. The molecule has 2 aliphatic rings. The summed E-state index contributed by atoms with van der Waals surface area (Å²) in [6.07, 6.45) is 7.07. The lowest BCUT2D eigenvalue weighted by Gasteiger charge is -2.32. The van der Waals surface area contributed by atoms with Crippen molar-refractivity contribution in [1.82, 2.24) is 14.9 Å². The van der Waals surface area contributed by atoms with Gasteiger partial charge in [0.15, 0.2) is 0 Å². The van der Waals surface area contributed by atoms with Crippen molar-refractivity contribution in [2.45, 2.75) is 6.54 Å². The highest BCUT2D eigenvalue weighted by Gasteiger charge is 2.43. The van der Waals surface area contributed by atoms with Crippen LogP contribution in [-0.4, -0.2) is 47.1 Å². The molecule has 3 atom stereocenters. The summed E-state index contributed by atoms with van der Waals surface area (Å²) in [5, 5.41) is 2.98. The van der Waals surface area contributed by atoms with Gasteiger partial charge < -0.3 is 10.1 Å². The molecule has 2 aliphatic heterocycles. The Morgan fingerprint density at radius 3 is 2.76 bits per heavy atom. The molecule has 6 heteroatoms. The topological polar surface area (TPSA) is 67.3 Å². The monoisotopic (exact) mass is 338 g/mol. The fourth-order valence-electron chi connectivity index (χ4n) is 3.91. The van der Waals surface area contributed by atoms with Gasteiger partial charge in [0, 0.05) is 38.2 Å². The van der Waals surface area contributed by atoms with Gasteiger partial charge in [0.25, 0.3) is 0 Å². The lowest BCUT2D eigenvalue weighted by molar-refractivity contribution is -0.128. The van der Waals surface area contributed by atoms with Crippen molar-refractivity contribution in [3.05, 3.63) is 54.6 Å². The number of nitrogens with one attached hydrogen (secondary N) is 1. The van der Waals surface area contributed by atoms with Crippen LogP contribution in [-0.2, 0) is 16.1 Å². The molecule has 1 amide bonds. The third-order valence-corrected chi connectivity index (χ3v) is 5.11. The SMILES string of the molecule is O=C(Nc1cccnc1)[C@@H]1COC[C@@H]2CN(Cc3cccnc3)C[C@@H]21. The van der Waals surface area contributed by atoms with E-state index in [0.29, 0.717) is 18.4 Å². The zero-order chi connectivity index (χ0) is 17.1. The minimum absolute atomic E-state index is 0.0333. The highest BCUT2D eigenvalue weighted by molar-refractivity contribution is 5.92. The average Bonchev–Trinajstić information content (AvgIpc) is 3.05. The van der Waals surface area contributed by atoms with Gasteiger partial charge in [-0.15, -0.1) is 0 Å². The molecule has 0 radical (unpaired) electrons. The molecule has 0 bridgehead atoms. The Labute approximate surface area is 147 Å². The van der Waals surface area contributed by atoms with Crippen LogP contribution in [0.15, 0.2) is 49.1 Å². The molecular weight excluding hydrogens is 316 g/mol. The van der Waals surface area contributed by atoms with Crippen molar-refractivity contribution in [2.75, 3.05) is 31.6 Å². The summed E-state index contributed by atoms with van der Waals surface area (Å²) in [6, 6.07) is 7.74. The second-order valence-corrected chi connectivity index (χ2v) is 6.85. The van der Waals surface area contributed by atoms with Crippen LogP contribution in [0.5, 0.6) is 0 Å². The Balaban J connectivity index is 1.41. The van der Waals surface area contributed by atoms with E-state index < -0.39 is 0 Å². The Morgan fingerprint density at radius 2 is 2.00 bits per heavy atom. The molecule has 0 unspecified atom stereocenters. The highest BCUT2D eigenvalue weighted by Crippen LogP contribution is 2.35. The van der Waals surface area contributed by atoms with Crippen molar-refractivity contribution in [3.8, 4) is 0 Å². The Hall–Kier alpha value is -2.31. The number of rotatable bonds is 4. The van der Waals surface area contributed by atoms with E-state index in [2.05, 4.69) is 26.3 Å². The number of hydrogen-bond acceptors (Lipinski definition) is 5. The maximum atomic E-state index is 12.7. The lowest BCUT2D eigenvalue weighted by atomic mass is 9.82. The lowest BCUT2D eigenvalue weighted by Crippen LogP contribution is -2.41. The number of carbonyl (C=O) groups excluding carboxylic acids is 1. The first-order chi connectivity index (χ1) is 12.3. The highest BCUT2D eigenvalue weighted by atomic mass is 16.5. The number of hydrogen-bond donors (Lipinski definition) is 1. The van der Waals surface area contributed by atoms with Gasteiger partial charge in [0.05, 0.1) is 31.0 Å². The molecule has 2 saturated heterocycles. The van der Waals surface area contributed by atoms with Crippen LogP contribution >= 0.6 is 0 Å². The Morgan fingerprint density at radius 1 is 1.16 bits per heavy atom. The standard InChI is InChI=1S/C19H22N4O2/c24-19(22-16-4-2-6-21-8-16)18-13-25-12-15-10-23(11-17(15)18)9-14-3-1-5-20-7-14/h1-8,15,17-18H,9-13H2,(H,22,24)/t15-,17-,18+/m0/s1. The van der Waals surface area contributed by atoms with Crippen LogP contribution in [0.2, 0.25) is 0 Å². The number of carbonyl (C=O) groups is 1. The molecule has 25 heavy (non-hydrogen) atoms. The number of ether oxygens (including phenoxy) is 1. The Kier molecular flexibility index (Phi) is 4.72. The molecule has 0 aliphatic carbocycles. The van der Waals surface area contributed by atoms with Crippen LogP contribution in [0.25, 0.3) is 0 Å². The zero-order valence-electron chi connectivity index (χ0n) is 14.0. The first-order valence-corrected chi connectivity index (χ1v) is 8.69. The molecule has 0 aromatic carbocycles. The molecule has 4 heterocycles. The molecule has 130 valence electrons. The second-order valence-electron chi connectivity index (χ2n) is 6.85. The average molecular weight is 338 g/mol. The quantitative estimate of drug-likeness (QED) is 0.921. The first-order valence-electron chi connectivity index (χ1n) is 8.69. The van der Waals surface area contributed by atoms with E-state index in [1.54, 1.807) is 18.6 Å². The number of anilines is 1. The number of aromatic nitrogens is 2. The third-order valence-electron chi connectivity index (χ3n) is 5.11. The fraction of sp³-hybridized carbons (Fsp3) is 0.421. The van der Waals surface area contributed by atoms with Gasteiger partial charge in [0.2, 0.25) is 5.91 Å². The maximum absolute atomic E-state index is 12.7. The molecule has 1 N–H and O–H groups in total. The summed E-state index contributed by atoms with van der Waals surface area (Å²) < 4.78 is 5.74. The van der Waals surface area contributed by atoms with Crippen molar-refractivity contribution in [3.63, 3.8) is 0 Å². The van der Waals surface area contributed by atoms with E-state index in [-0.39, 0.29) is 11.8 Å². The summed E-state index contributed by atoms with van der Waals surface area (Å²) in [4.78, 5) is 23.4. The molecular formula is C19H22N4O2. The van der Waals surface area contributed by atoms with E-state index in [4.69, 9.17) is 4.74 Å². The summed E-state index contributed by atoms with van der Waals surface area (Å²) in [7, 11) is 0. The van der Waals surface area contributed by atoms with Crippen molar-refractivity contribution < 1.29 is 9.53 Å². The normalized spacial score (nSPS) is 26.2. The van der Waals surface area contributed by atoms with Crippen LogP contribution in [0.4, 0.5) is 5.69 Å². The van der Waals surface area contributed by atoms with Gasteiger partial charge in [-0.1, -0.05) is 6.07 Å². The molecule has 0 spiro atoms. The number of nitrogens with zero attached hydrogens (tertiary/aromatic N) is 3. The molecule has 2 aromatic heterocycles. The van der Waals surface area contributed by atoms with Crippen molar-refractivity contribution in [1.29, 1.82) is 0 Å². The van der Waals surface area contributed by atoms with Crippen LogP contribution < -0.4 is 5.32 Å². The smallest absolute Gasteiger partial charge is 0.230 e. The van der Waals surface area contributed by atoms with Gasteiger partial charge in [-0.3, -0.25) is 19.7 Å². The maximum Gasteiger partial charge on any atom is 0.230 e. The number of pyridine rings is 2. The van der Waals surface area contributed by atoms with Crippen LogP contribution in [0, 0.1) is 17.8 Å². The van der Waals surface area contributed by atoms with Gasteiger partial charge in [-0.25, -0.2) is 0 Å². The number of likely N-dealkylation sites (tertiary alicyclic amines) is 1. The van der Waals surface area contributed by atoms with Crippen molar-refractivity contribution in [2.24, 2.45) is 17.8 Å². The summed E-state index contributed by atoms with van der Waals surface area (Å²) in [6.45, 7) is 4.00. The molecule has 2 aromatic rings. The zero-order valence-corrected chi connectivity index (χ0v) is 14.0. The van der Waals surface area contributed by atoms with Gasteiger partial charge in [-0.2, -0.15) is 0 Å². The molecule has 2 fully saturated rings. The summed E-state index contributed by atoms with van der Waals surface area (Å²) >= 11 is 0. The number of amides is 1. The van der Waals surface area contributed by atoms with Gasteiger partial charge in [-0.05, 0) is 35.6 Å². The van der Waals surface area contributed by atoms with E-state index in [9.17, 15) is 4.79 Å². The Bertz CT molecular complexity index is 710. The van der Waals surface area contributed by atoms with E-state index >= 15 is 0 Å². The van der Waals surface area contributed by atoms with Gasteiger partial charge >= 0.3 is 0 Å². The van der Waals surface area contributed by atoms with Crippen molar-refractivity contribution >= 4 is 11.6 Å². The summed E-state index contributed by atoms with van der Waals surface area (Å²) in [5.41, 5.74) is 1.94. The predicted molar refractivity (Wildman–Crippen MR) is 93.7 cm³/mol. The third kappa shape index (κ3) is 3.70. The van der Waals surface area contributed by atoms with Crippen LogP contribution in [0.1, 0.15) is 5.56 Å². The first kappa shape index (κ1) is 16.2. The molecule has 4 rings (SSSR count). The predicted octanol–water partition coefficient (Wildman–Crippen LogP) is 1.81. The van der Waals surface area contributed by atoms with E-state index in [0.717, 1.165) is 31.9 Å². The van der Waals surface area contributed by atoms with Crippen LogP contribution in [0.3, 0.4) is 0 Å². The van der Waals surface area contributed by atoms with E-state index in [1.807, 2.05) is 24.4 Å².